The third-order valence-corrected chi connectivity index (χ3v) is 2.49. The number of hydrogen-bond acceptors (Lipinski definition) is 4. The number of hydrogen-bond donors (Lipinski definition) is 3. The Kier molecular flexibility index (Phi) is 5.50. The number of rotatable bonds is 6. The van der Waals surface area contributed by atoms with Crippen LogP contribution in [0.1, 0.15) is 6.92 Å². The van der Waals surface area contributed by atoms with Crippen LogP contribution in [-0.2, 0) is 0 Å². The molecule has 0 amide bonds. The minimum Gasteiger partial charge on any atom is -0.582 e. The molecule has 0 aliphatic carbocycles. The molecule has 0 spiro atoms. The zero-order chi connectivity index (χ0) is 11.4. The van der Waals surface area contributed by atoms with Crippen LogP contribution in [0.4, 0.5) is 0 Å². The first kappa shape index (κ1) is 13.8. The molecule has 3 atom stereocenters. The zero-order valence-electron chi connectivity index (χ0n) is 9.87. The third-order valence-electron chi connectivity index (χ3n) is 2.49. The van der Waals surface area contributed by atoms with E-state index in [1.54, 1.807) is 7.05 Å². The smallest absolute Gasteiger partial charge is 0.198 e. The van der Waals surface area contributed by atoms with E-state index in [2.05, 4.69) is 17.1 Å². The van der Waals surface area contributed by atoms with Crippen molar-refractivity contribution in [3.63, 3.8) is 0 Å². The number of hydroxylamine groups is 1. The predicted molar refractivity (Wildman–Crippen MR) is 56.6 cm³/mol. The van der Waals surface area contributed by atoms with Crippen LogP contribution in [0.25, 0.3) is 0 Å². The van der Waals surface area contributed by atoms with Gasteiger partial charge < -0.3 is 10.5 Å². The fraction of sp³-hybridized carbons (Fsp3) is 1.00. The highest BCUT2D eigenvalue weighted by atomic mass is 16.6. The minimum atomic E-state index is -0.0927. The van der Waals surface area contributed by atoms with Crippen LogP contribution in [-0.4, -0.2) is 57.0 Å². The zero-order valence-corrected chi connectivity index (χ0v) is 9.87. The number of nitrogens with two attached hydrogens (primary N) is 1. The van der Waals surface area contributed by atoms with Gasteiger partial charge in [0, 0.05) is 12.6 Å². The van der Waals surface area contributed by atoms with Gasteiger partial charge in [0.15, 0.2) is 6.67 Å². The van der Waals surface area contributed by atoms with E-state index < -0.39 is 0 Å². The molecule has 0 saturated heterocycles. The maximum Gasteiger partial charge on any atom is 0.198 e. The lowest BCUT2D eigenvalue weighted by Crippen LogP contribution is -3.19. The summed E-state index contributed by atoms with van der Waals surface area (Å²) in [6.45, 7) is 3.50. The molecule has 0 aliphatic heterocycles. The van der Waals surface area contributed by atoms with Crippen molar-refractivity contribution in [3.05, 3.63) is 5.21 Å². The van der Waals surface area contributed by atoms with E-state index in [4.69, 9.17) is 5.84 Å². The lowest BCUT2D eigenvalue weighted by Gasteiger charge is -2.38. The molecule has 0 heterocycles. The quantitative estimate of drug-likeness (QED) is 0.198. The summed E-state index contributed by atoms with van der Waals surface area (Å²) >= 11 is 0. The van der Waals surface area contributed by atoms with Crippen LogP contribution in [0.5, 0.6) is 0 Å². The molecule has 0 aliphatic rings. The van der Waals surface area contributed by atoms with Gasteiger partial charge >= 0.3 is 0 Å². The van der Waals surface area contributed by atoms with Gasteiger partial charge in [-0.1, -0.05) is 4.70 Å². The van der Waals surface area contributed by atoms with E-state index in [1.807, 2.05) is 14.1 Å². The van der Waals surface area contributed by atoms with Gasteiger partial charge in [-0.15, -0.1) is 5.84 Å². The monoisotopic (exact) mass is 206 g/mol. The molecule has 0 aromatic heterocycles. The van der Waals surface area contributed by atoms with E-state index in [0.29, 0.717) is 12.7 Å². The van der Waals surface area contributed by atoms with Crippen LogP contribution < -0.4 is 16.3 Å². The van der Waals surface area contributed by atoms with Crippen molar-refractivity contribution in [1.29, 1.82) is 0 Å². The van der Waals surface area contributed by atoms with Gasteiger partial charge in [0.2, 0.25) is 0 Å². The second-order valence-electron chi connectivity index (χ2n) is 4.09. The average molecular weight is 206 g/mol. The fourth-order valence-electron chi connectivity index (χ4n) is 1.15. The molecule has 0 aromatic carbocycles. The van der Waals surface area contributed by atoms with Gasteiger partial charge in [-0.3, -0.25) is 4.90 Å². The SMILES string of the molecule is CNC[C@@H](C)N(C)C[N@@+](C)(N)[NH+](C)[O-]. The van der Waals surface area contributed by atoms with E-state index in [0.717, 1.165) is 6.54 Å². The Morgan fingerprint density at radius 2 is 2.14 bits per heavy atom. The summed E-state index contributed by atoms with van der Waals surface area (Å²) in [5.41, 5.74) is 0. The number of likely N-dealkylation sites (N-methyl/N-ethyl adjacent to an activating group) is 2. The lowest BCUT2D eigenvalue weighted by molar-refractivity contribution is -1.47. The summed E-state index contributed by atoms with van der Waals surface area (Å²) in [6, 6.07) is 0.361. The molecule has 0 saturated carbocycles. The summed E-state index contributed by atoms with van der Waals surface area (Å²) < 4.78 is -0.0927. The Bertz CT molecular complexity index is 162. The van der Waals surface area contributed by atoms with Crippen molar-refractivity contribution in [2.24, 2.45) is 5.84 Å². The van der Waals surface area contributed by atoms with Crippen LogP contribution in [0, 0.1) is 5.21 Å². The van der Waals surface area contributed by atoms with Crippen molar-refractivity contribution < 1.29 is 9.87 Å². The highest BCUT2D eigenvalue weighted by molar-refractivity contribution is 4.61. The molecular weight excluding hydrogens is 182 g/mol. The van der Waals surface area contributed by atoms with Crippen LogP contribution in [0.2, 0.25) is 0 Å². The third kappa shape index (κ3) is 4.32. The molecule has 0 fully saturated rings. The highest BCUT2D eigenvalue weighted by Crippen LogP contribution is 1.95. The van der Waals surface area contributed by atoms with E-state index >= 15 is 0 Å². The number of quaternary nitrogens is 2. The van der Waals surface area contributed by atoms with Crippen molar-refractivity contribution in [2.75, 3.05) is 41.4 Å². The van der Waals surface area contributed by atoms with Crippen LogP contribution in [0.3, 0.4) is 0 Å². The molecule has 1 unspecified atom stereocenters. The first-order valence-electron chi connectivity index (χ1n) is 4.81. The molecule has 0 bridgehead atoms. The van der Waals surface area contributed by atoms with Crippen molar-refractivity contribution in [1.82, 2.24) is 10.2 Å². The molecular formula is C8H24N5O+. The Morgan fingerprint density at radius 3 is 2.50 bits per heavy atom. The van der Waals surface area contributed by atoms with Gasteiger partial charge in [-0.2, -0.15) is 5.17 Å². The average Bonchev–Trinajstić information content (AvgIpc) is 2.03. The van der Waals surface area contributed by atoms with Gasteiger partial charge in [0.25, 0.3) is 0 Å². The van der Waals surface area contributed by atoms with Crippen LogP contribution in [0.15, 0.2) is 0 Å². The molecule has 0 radical (unpaired) electrons. The summed E-state index contributed by atoms with van der Waals surface area (Å²) in [5.74, 6) is 5.82. The van der Waals surface area contributed by atoms with Gasteiger partial charge in [0.1, 0.15) is 14.1 Å². The van der Waals surface area contributed by atoms with E-state index in [-0.39, 0.29) is 9.87 Å². The first-order chi connectivity index (χ1) is 6.31. The minimum absolute atomic E-state index is 0.0338. The number of nitrogens with one attached hydrogen (secondary N) is 2. The second kappa shape index (κ2) is 5.59. The molecule has 0 rings (SSSR count). The standard InChI is InChI=1S/C8H24N5O/c1-8(6-10-2)11(3)7-13(5,9)12(4)14/h8,10,12H,6-7,9H2,1-5H3/q+1/t8-,13+/m1/s1. The van der Waals surface area contributed by atoms with Crippen molar-refractivity contribution in [3.8, 4) is 0 Å². The van der Waals surface area contributed by atoms with Crippen LogP contribution >= 0.6 is 0 Å². The molecule has 14 heavy (non-hydrogen) atoms. The summed E-state index contributed by atoms with van der Waals surface area (Å²) in [7, 11) is 7.10. The summed E-state index contributed by atoms with van der Waals surface area (Å²) in [6.07, 6.45) is 0. The fourth-order valence-corrected chi connectivity index (χ4v) is 1.15. The first-order valence-corrected chi connectivity index (χ1v) is 4.81. The molecule has 6 nitrogen and oxygen atoms in total. The van der Waals surface area contributed by atoms with Crippen molar-refractivity contribution in [2.45, 2.75) is 13.0 Å². The van der Waals surface area contributed by atoms with E-state index in [9.17, 15) is 5.21 Å². The van der Waals surface area contributed by atoms with Crippen molar-refractivity contribution >= 4 is 0 Å². The Balaban J connectivity index is 4.10. The topological polar surface area (TPSA) is 68.8 Å². The number of nitrogens with zero attached hydrogens (tertiary/aromatic N) is 2. The normalized spacial score (nSPS) is 20.6. The summed E-state index contributed by atoms with van der Waals surface area (Å²) in [5, 5.41) is 14.2. The van der Waals surface area contributed by atoms with Gasteiger partial charge in [-0.05, 0) is 21.0 Å². The molecule has 0 aromatic rings. The summed E-state index contributed by atoms with van der Waals surface area (Å²) in [4.78, 5) is 2.07. The second-order valence-corrected chi connectivity index (χ2v) is 4.09. The predicted octanol–water partition coefficient (Wildman–Crippen LogP) is -2.27. The Hall–Kier alpha value is -0.240. The Morgan fingerprint density at radius 1 is 1.64 bits per heavy atom. The molecule has 6 heteroatoms. The lowest BCUT2D eigenvalue weighted by atomic mass is 10.3. The van der Waals surface area contributed by atoms with Gasteiger partial charge in [0.05, 0.1) is 0 Å². The van der Waals surface area contributed by atoms with E-state index in [1.165, 1.54) is 7.05 Å². The Labute approximate surface area is 86.4 Å². The molecule has 4 N–H and O–H groups in total. The highest BCUT2D eigenvalue weighted by Gasteiger charge is 2.25. The maximum atomic E-state index is 11.2. The maximum absolute atomic E-state index is 11.2. The van der Waals surface area contributed by atoms with Gasteiger partial charge in [-0.25, -0.2) is 0 Å². The molecule has 86 valence electrons. The largest absolute Gasteiger partial charge is 0.582 e.